The number of benzene rings is 2. The second-order valence-electron chi connectivity index (χ2n) is 5.65. The second-order valence-corrected chi connectivity index (χ2v) is 7.31. The fourth-order valence-electron chi connectivity index (χ4n) is 1.97. The van der Waals surface area contributed by atoms with E-state index in [1.54, 1.807) is 42.5 Å². The zero-order valence-corrected chi connectivity index (χ0v) is 15.5. The Labute approximate surface area is 158 Å². The van der Waals surface area contributed by atoms with Gasteiger partial charge in [-0.15, -0.1) is 0 Å². The van der Waals surface area contributed by atoms with Gasteiger partial charge in [0, 0.05) is 11.1 Å². The van der Waals surface area contributed by atoms with E-state index in [0.717, 1.165) is 11.0 Å². The number of anilines is 1. The van der Waals surface area contributed by atoms with Crippen molar-refractivity contribution in [2.45, 2.75) is 6.92 Å². The van der Waals surface area contributed by atoms with E-state index in [9.17, 15) is 18.0 Å². The lowest BCUT2D eigenvalue weighted by Gasteiger charge is -2.07. The first-order valence-corrected chi connectivity index (χ1v) is 9.64. The molecule has 2 N–H and O–H groups in total. The van der Waals surface area contributed by atoms with Crippen molar-refractivity contribution in [3.63, 3.8) is 0 Å². The molecule has 1 amide bonds. The molecule has 0 aromatic heterocycles. The molecule has 2 rings (SSSR count). The predicted octanol–water partition coefficient (Wildman–Crippen LogP) is 2.07. The number of para-hydroxylation sites is 1. The van der Waals surface area contributed by atoms with Gasteiger partial charge in [0.15, 0.2) is 6.61 Å². The molecule has 0 atom stereocenters. The van der Waals surface area contributed by atoms with E-state index in [-0.39, 0.29) is 0 Å². The number of aryl methyl sites for hydroxylation is 1. The SMILES string of the molecule is Cc1ccc(/C=C/S(=O)(=O)NCC(=O)OCC(=O)Nc2ccccc2)cc1. The normalized spacial score (nSPS) is 11.3. The molecule has 0 saturated carbocycles. The van der Waals surface area contributed by atoms with Crippen molar-refractivity contribution in [1.82, 2.24) is 4.72 Å². The van der Waals surface area contributed by atoms with Crippen LogP contribution in [0.2, 0.25) is 0 Å². The number of rotatable bonds is 8. The minimum Gasteiger partial charge on any atom is -0.455 e. The summed E-state index contributed by atoms with van der Waals surface area (Å²) in [5.74, 6) is -1.37. The fraction of sp³-hybridized carbons (Fsp3) is 0.158. The van der Waals surface area contributed by atoms with Gasteiger partial charge in [0.2, 0.25) is 10.0 Å². The number of nitrogens with one attached hydrogen (secondary N) is 2. The van der Waals surface area contributed by atoms with Gasteiger partial charge in [-0.25, -0.2) is 13.1 Å². The van der Waals surface area contributed by atoms with Crippen LogP contribution in [0.1, 0.15) is 11.1 Å². The maximum atomic E-state index is 11.9. The molecule has 27 heavy (non-hydrogen) atoms. The van der Waals surface area contributed by atoms with E-state index in [2.05, 4.69) is 10.0 Å². The molecule has 2 aromatic carbocycles. The Bertz CT molecular complexity index is 907. The van der Waals surface area contributed by atoms with Crippen LogP contribution in [0.25, 0.3) is 6.08 Å². The Morgan fingerprint density at radius 1 is 1.04 bits per heavy atom. The highest BCUT2D eigenvalue weighted by Gasteiger charge is 2.12. The topological polar surface area (TPSA) is 102 Å². The first-order valence-electron chi connectivity index (χ1n) is 8.09. The molecule has 0 heterocycles. The van der Waals surface area contributed by atoms with E-state index in [1.165, 1.54) is 6.08 Å². The Morgan fingerprint density at radius 3 is 2.37 bits per heavy atom. The quantitative estimate of drug-likeness (QED) is 0.674. The van der Waals surface area contributed by atoms with Crippen LogP contribution in [-0.2, 0) is 24.3 Å². The standard InChI is InChI=1S/C19H20N2O5S/c1-15-7-9-16(10-8-15)11-12-27(24,25)20-13-19(23)26-14-18(22)21-17-5-3-2-4-6-17/h2-12,20H,13-14H2,1H3,(H,21,22)/b12-11+. The summed E-state index contributed by atoms with van der Waals surface area (Å²) in [5, 5.41) is 3.51. The highest BCUT2D eigenvalue weighted by atomic mass is 32.2. The van der Waals surface area contributed by atoms with Gasteiger partial charge in [-0.05, 0) is 30.7 Å². The highest BCUT2D eigenvalue weighted by Crippen LogP contribution is 2.06. The average molecular weight is 388 g/mol. The minimum atomic E-state index is -3.80. The number of carbonyl (C=O) groups excluding carboxylic acids is 2. The van der Waals surface area contributed by atoms with Gasteiger partial charge in [0.25, 0.3) is 5.91 Å². The molecule has 0 aliphatic heterocycles. The molecule has 0 saturated heterocycles. The molecule has 0 bridgehead atoms. The maximum absolute atomic E-state index is 11.9. The zero-order chi connectivity index (χ0) is 19.7. The first kappa shape index (κ1) is 20.3. The smallest absolute Gasteiger partial charge is 0.321 e. The summed E-state index contributed by atoms with van der Waals surface area (Å²) in [4.78, 5) is 23.3. The average Bonchev–Trinajstić information content (AvgIpc) is 2.65. The molecule has 0 aliphatic rings. The molecule has 0 unspecified atom stereocenters. The van der Waals surface area contributed by atoms with Gasteiger partial charge in [-0.1, -0.05) is 48.0 Å². The van der Waals surface area contributed by atoms with Crippen LogP contribution in [0.4, 0.5) is 5.69 Å². The van der Waals surface area contributed by atoms with Gasteiger partial charge >= 0.3 is 5.97 Å². The van der Waals surface area contributed by atoms with Crippen LogP contribution < -0.4 is 10.0 Å². The lowest BCUT2D eigenvalue weighted by atomic mass is 10.2. The summed E-state index contributed by atoms with van der Waals surface area (Å²) in [6, 6.07) is 16.0. The highest BCUT2D eigenvalue weighted by molar-refractivity contribution is 7.92. The summed E-state index contributed by atoms with van der Waals surface area (Å²) in [6.07, 6.45) is 1.42. The minimum absolute atomic E-state index is 0.505. The molecule has 142 valence electrons. The molecule has 0 spiro atoms. The van der Waals surface area contributed by atoms with E-state index in [1.807, 2.05) is 19.1 Å². The van der Waals surface area contributed by atoms with E-state index < -0.39 is 35.1 Å². The van der Waals surface area contributed by atoms with Crippen LogP contribution in [0.3, 0.4) is 0 Å². The number of hydrogen-bond acceptors (Lipinski definition) is 5. The summed E-state index contributed by atoms with van der Waals surface area (Å²) < 4.78 is 30.6. The van der Waals surface area contributed by atoms with E-state index >= 15 is 0 Å². The zero-order valence-electron chi connectivity index (χ0n) is 14.7. The number of ether oxygens (including phenoxy) is 1. The molecular weight excluding hydrogens is 368 g/mol. The van der Waals surface area contributed by atoms with Gasteiger partial charge in [-0.3, -0.25) is 9.59 Å². The Kier molecular flexibility index (Phi) is 7.27. The van der Waals surface area contributed by atoms with Crippen molar-refractivity contribution >= 4 is 33.7 Å². The number of sulfonamides is 1. The van der Waals surface area contributed by atoms with Crippen molar-refractivity contribution in [3.8, 4) is 0 Å². The Morgan fingerprint density at radius 2 is 1.70 bits per heavy atom. The fourth-order valence-corrected chi connectivity index (χ4v) is 2.72. The Hall–Kier alpha value is -2.97. The molecule has 2 aromatic rings. The number of amides is 1. The summed E-state index contributed by atoms with van der Waals surface area (Å²) in [7, 11) is -3.80. The lowest BCUT2D eigenvalue weighted by Crippen LogP contribution is -2.31. The van der Waals surface area contributed by atoms with Crippen molar-refractivity contribution < 1.29 is 22.7 Å². The summed E-state index contributed by atoms with van der Waals surface area (Å²) in [6.45, 7) is 0.853. The molecule has 8 heteroatoms. The second kappa shape index (κ2) is 9.65. The van der Waals surface area contributed by atoms with Crippen LogP contribution >= 0.6 is 0 Å². The monoisotopic (exact) mass is 388 g/mol. The maximum Gasteiger partial charge on any atom is 0.321 e. The van der Waals surface area contributed by atoms with Crippen molar-refractivity contribution in [2.75, 3.05) is 18.5 Å². The van der Waals surface area contributed by atoms with Crippen molar-refractivity contribution in [2.24, 2.45) is 0 Å². The molecule has 0 fully saturated rings. The van der Waals surface area contributed by atoms with Gasteiger partial charge in [-0.2, -0.15) is 0 Å². The number of hydrogen-bond donors (Lipinski definition) is 2. The summed E-state index contributed by atoms with van der Waals surface area (Å²) in [5.41, 5.74) is 2.35. The van der Waals surface area contributed by atoms with E-state index in [0.29, 0.717) is 11.3 Å². The van der Waals surface area contributed by atoms with Crippen LogP contribution in [-0.4, -0.2) is 33.4 Å². The molecule has 0 radical (unpaired) electrons. The molecule has 0 aliphatic carbocycles. The number of esters is 1. The van der Waals surface area contributed by atoms with Crippen LogP contribution in [0.15, 0.2) is 60.0 Å². The van der Waals surface area contributed by atoms with E-state index in [4.69, 9.17) is 4.74 Å². The van der Waals surface area contributed by atoms with Crippen molar-refractivity contribution in [1.29, 1.82) is 0 Å². The third kappa shape index (κ3) is 7.85. The van der Waals surface area contributed by atoms with Crippen LogP contribution in [0, 0.1) is 6.92 Å². The Balaban J connectivity index is 1.75. The third-order valence-corrected chi connectivity index (χ3v) is 4.40. The van der Waals surface area contributed by atoms with Crippen LogP contribution in [0.5, 0.6) is 0 Å². The first-order chi connectivity index (χ1) is 12.8. The van der Waals surface area contributed by atoms with Gasteiger partial charge in [0.05, 0.1) is 0 Å². The predicted molar refractivity (Wildman–Crippen MR) is 103 cm³/mol. The van der Waals surface area contributed by atoms with Crippen molar-refractivity contribution in [3.05, 3.63) is 71.1 Å². The largest absolute Gasteiger partial charge is 0.455 e. The lowest BCUT2D eigenvalue weighted by molar-refractivity contribution is -0.146. The van der Waals surface area contributed by atoms with Gasteiger partial charge in [0.1, 0.15) is 6.54 Å². The molecular formula is C19H20N2O5S. The third-order valence-electron chi connectivity index (χ3n) is 3.36. The van der Waals surface area contributed by atoms with Gasteiger partial charge < -0.3 is 10.1 Å². The number of carbonyl (C=O) groups is 2. The summed E-state index contributed by atoms with van der Waals surface area (Å²) >= 11 is 0. The molecule has 7 nitrogen and oxygen atoms in total.